The number of benzene rings is 2. The van der Waals surface area contributed by atoms with E-state index in [9.17, 15) is 9.59 Å². The Bertz CT molecular complexity index is 945. The Morgan fingerprint density at radius 2 is 1.84 bits per heavy atom. The number of pyridine rings is 1. The van der Waals surface area contributed by atoms with Gasteiger partial charge in [-0.3, -0.25) is 9.78 Å². The van der Waals surface area contributed by atoms with Gasteiger partial charge in [0, 0.05) is 30.2 Å². The Labute approximate surface area is 144 Å². The Hall–Kier alpha value is -3.21. The highest BCUT2D eigenvalue weighted by Crippen LogP contribution is 2.25. The van der Waals surface area contributed by atoms with Crippen molar-refractivity contribution in [3.8, 4) is 5.75 Å². The van der Waals surface area contributed by atoms with E-state index >= 15 is 0 Å². The molecule has 1 aliphatic rings. The number of fused-ring (bicyclic) bond motifs is 1. The molecule has 0 spiro atoms. The number of amides is 1. The highest BCUT2D eigenvalue weighted by atomic mass is 16.5. The Balaban J connectivity index is 1.55. The molecular weight excluding hydrogens is 316 g/mol. The predicted molar refractivity (Wildman–Crippen MR) is 94.7 cm³/mol. The van der Waals surface area contributed by atoms with Crippen molar-refractivity contribution in [1.82, 2.24) is 4.98 Å². The molecule has 0 atom stereocenters. The molecule has 0 saturated carbocycles. The van der Waals surface area contributed by atoms with Crippen LogP contribution in [0.25, 0.3) is 10.9 Å². The van der Waals surface area contributed by atoms with Gasteiger partial charge in [0.1, 0.15) is 5.75 Å². The highest BCUT2D eigenvalue weighted by molar-refractivity contribution is 6.03. The molecule has 1 saturated heterocycles. The summed E-state index contributed by atoms with van der Waals surface area (Å²) in [5.41, 5.74) is 1.88. The summed E-state index contributed by atoms with van der Waals surface area (Å²) in [4.78, 5) is 30.3. The van der Waals surface area contributed by atoms with E-state index < -0.39 is 5.97 Å². The van der Waals surface area contributed by atoms with E-state index in [4.69, 9.17) is 4.74 Å². The fourth-order valence-corrected chi connectivity index (χ4v) is 3.05. The van der Waals surface area contributed by atoms with Crippen LogP contribution in [0.1, 0.15) is 23.2 Å². The molecule has 0 radical (unpaired) electrons. The van der Waals surface area contributed by atoms with Gasteiger partial charge in [-0.05, 0) is 42.8 Å². The largest absolute Gasteiger partial charge is 0.423 e. The minimum Gasteiger partial charge on any atom is -0.423 e. The molecule has 1 aromatic heterocycles. The third-order valence-electron chi connectivity index (χ3n) is 4.28. The van der Waals surface area contributed by atoms with Crippen molar-refractivity contribution in [2.45, 2.75) is 12.8 Å². The molecule has 124 valence electrons. The van der Waals surface area contributed by atoms with Gasteiger partial charge >= 0.3 is 5.97 Å². The molecule has 2 aromatic carbocycles. The average Bonchev–Trinajstić information content (AvgIpc) is 3.08. The second kappa shape index (κ2) is 6.36. The van der Waals surface area contributed by atoms with Gasteiger partial charge in [0.2, 0.25) is 5.91 Å². The lowest BCUT2D eigenvalue weighted by Crippen LogP contribution is -2.23. The third kappa shape index (κ3) is 2.96. The Morgan fingerprint density at radius 1 is 1.04 bits per heavy atom. The molecule has 3 aromatic rings. The molecular formula is C20H16N2O3. The monoisotopic (exact) mass is 332 g/mol. The fourth-order valence-electron chi connectivity index (χ4n) is 3.05. The van der Waals surface area contributed by atoms with Crippen LogP contribution in [0.3, 0.4) is 0 Å². The molecule has 4 rings (SSSR count). The number of rotatable bonds is 3. The minimum absolute atomic E-state index is 0.131. The van der Waals surface area contributed by atoms with Gasteiger partial charge < -0.3 is 9.64 Å². The van der Waals surface area contributed by atoms with Crippen LogP contribution >= 0.6 is 0 Å². The molecule has 0 unspecified atom stereocenters. The third-order valence-corrected chi connectivity index (χ3v) is 4.28. The number of carbonyl (C=O) groups is 2. The first-order chi connectivity index (χ1) is 12.2. The number of hydrogen-bond donors (Lipinski definition) is 0. The number of anilines is 1. The minimum atomic E-state index is -0.450. The number of para-hydroxylation sites is 1. The lowest BCUT2D eigenvalue weighted by Gasteiger charge is -2.15. The van der Waals surface area contributed by atoms with Crippen molar-refractivity contribution in [3.05, 3.63) is 66.4 Å². The lowest BCUT2D eigenvalue weighted by atomic mass is 10.1. The topological polar surface area (TPSA) is 59.5 Å². The van der Waals surface area contributed by atoms with Crippen LogP contribution in [0.2, 0.25) is 0 Å². The predicted octanol–water partition coefficient (Wildman–Crippen LogP) is 3.58. The SMILES string of the molecule is O=C(Oc1ccc(N2CCCC2=O)cc1)c1cccc2cccnc12. The van der Waals surface area contributed by atoms with E-state index in [-0.39, 0.29) is 5.91 Å². The van der Waals surface area contributed by atoms with Crippen LogP contribution in [0, 0.1) is 0 Å². The molecule has 0 N–H and O–H groups in total. The van der Waals surface area contributed by atoms with E-state index in [0.717, 1.165) is 24.0 Å². The van der Waals surface area contributed by atoms with Crippen molar-refractivity contribution in [2.75, 3.05) is 11.4 Å². The number of hydrogen-bond acceptors (Lipinski definition) is 4. The van der Waals surface area contributed by atoms with E-state index in [1.165, 1.54) is 0 Å². The summed E-state index contributed by atoms with van der Waals surface area (Å²) in [5, 5.41) is 0.889. The Kier molecular flexibility index (Phi) is 3.90. The van der Waals surface area contributed by atoms with Gasteiger partial charge in [0.15, 0.2) is 0 Å². The van der Waals surface area contributed by atoms with Gasteiger partial charge in [-0.2, -0.15) is 0 Å². The molecule has 1 amide bonds. The number of aromatic nitrogens is 1. The van der Waals surface area contributed by atoms with E-state index in [2.05, 4.69) is 4.98 Å². The molecule has 5 nitrogen and oxygen atoms in total. The van der Waals surface area contributed by atoms with E-state index in [1.807, 2.05) is 24.3 Å². The second-order valence-corrected chi connectivity index (χ2v) is 5.91. The van der Waals surface area contributed by atoms with Crippen LogP contribution in [-0.4, -0.2) is 23.4 Å². The molecule has 1 fully saturated rings. The van der Waals surface area contributed by atoms with Gasteiger partial charge in [0.25, 0.3) is 0 Å². The lowest BCUT2D eigenvalue weighted by molar-refractivity contribution is -0.117. The van der Waals surface area contributed by atoms with Gasteiger partial charge in [-0.15, -0.1) is 0 Å². The molecule has 1 aliphatic heterocycles. The smallest absolute Gasteiger partial charge is 0.345 e. The number of esters is 1. The summed E-state index contributed by atoms with van der Waals surface area (Å²) < 4.78 is 5.47. The zero-order valence-corrected chi connectivity index (χ0v) is 13.5. The van der Waals surface area contributed by atoms with Crippen LogP contribution in [-0.2, 0) is 4.79 Å². The summed E-state index contributed by atoms with van der Waals surface area (Å²) in [7, 11) is 0. The van der Waals surface area contributed by atoms with E-state index in [1.54, 1.807) is 41.4 Å². The van der Waals surface area contributed by atoms with Crippen LogP contribution < -0.4 is 9.64 Å². The summed E-state index contributed by atoms with van der Waals surface area (Å²) >= 11 is 0. The maximum absolute atomic E-state index is 12.5. The fraction of sp³-hybridized carbons (Fsp3) is 0.150. The normalized spacial score (nSPS) is 14.1. The first-order valence-corrected chi connectivity index (χ1v) is 8.19. The summed E-state index contributed by atoms with van der Waals surface area (Å²) in [6.07, 6.45) is 3.12. The number of carbonyl (C=O) groups excluding carboxylic acids is 2. The van der Waals surface area contributed by atoms with Gasteiger partial charge in [0.05, 0.1) is 11.1 Å². The van der Waals surface area contributed by atoms with Crippen molar-refractivity contribution >= 4 is 28.5 Å². The maximum atomic E-state index is 12.5. The zero-order valence-electron chi connectivity index (χ0n) is 13.5. The zero-order chi connectivity index (χ0) is 17.2. The first-order valence-electron chi connectivity index (χ1n) is 8.19. The molecule has 0 aliphatic carbocycles. The highest BCUT2D eigenvalue weighted by Gasteiger charge is 2.21. The van der Waals surface area contributed by atoms with Crippen LogP contribution in [0.4, 0.5) is 5.69 Å². The number of ether oxygens (including phenoxy) is 1. The van der Waals surface area contributed by atoms with Crippen molar-refractivity contribution < 1.29 is 14.3 Å². The van der Waals surface area contributed by atoms with Gasteiger partial charge in [-0.25, -0.2) is 4.79 Å². The van der Waals surface area contributed by atoms with Crippen molar-refractivity contribution in [1.29, 1.82) is 0 Å². The molecule has 5 heteroatoms. The van der Waals surface area contributed by atoms with Crippen LogP contribution in [0.15, 0.2) is 60.8 Å². The van der Waals surface area contributed by atoms with Crippen molar-refractivity contribution in [3.63, 3.8) is 0 Å². The summed E-state index contributed by atoms with van der Waals surface area (Å²) in [6, 6.07) is 16.2. The van der Waals surface area contributed by atoms with Crippen LogP contribution in [0.5, 0.6) is 5.75 Å². The van der Waals surface area contributed by atoms with E-state index in [0.29, 0.717) is 23.3 Å². The first kappa shape index (κ1) is 15.3. The molecule has 25 heavy (non-hydrogen) atoms. The molecule has 2 heterocycles. The second-order valence-electron chi connectivity index (χ2n) is 5.91. The molecule has 0 bridgehead atoms. The van der Waals surface area contributed by atoms with Gasteiger partial charge in [-0.1, -0.05) is 18.2 Å². The average molecular weight is 332 g/mol. The van der Waals surface area contributed by atoms with Crippen molar-refractivity contribution in [2.24, 2.45) is 0 Å². The quantitative estimate of drug-likeness (QED) is 0.543. The summed E-state index contributed by atoms with van der Waals surface area (Å²) in [5.74, 6) is 0.120. The standard InChI is InChI=1S/C20H16N2O3/c23-18-7-3-13-22(18)15-8-10-16(11-9-15)25-20(24)17-6-1-4-14-5-2-12-21-19(14)17/h1-2,4-6,8-12H,3,7,13H2. The maximum Gasteiger partial charge on any atom is 0.345 e. The Morgan fingerprint density at radius 3 is 2.60 bits per heavy atom. The number of nitrogens with zero attached hydrogens (tertiary/aromatic N) is 2. The summed E-state index contributed by atoms with van der Waals surface area (Å²) in [6.45, 7) is 0.736.